The highest BCUT2D eigenvalue weighted by molar-refractivity contribution is 5.75. The van der Waals surface area contributed by atoms with Crippen LogP contribution < -0.4 is 11.2 Å². The van der Waals surface area contributed by atoms with Gasteiger partial charge in [-0.3, -0.25) is 14.3 Å². The number of rotatable bonds is 1. The maximum absolute atomic E-state index is 11.7. The van der Waals surface area contributed by atoms with Crippen LogP contribution in [0.1, 0.15) is 0 Å². The minimum absolute atomic E-state index is 0.144. The largest absolute Gasteiger partial charge is 0.508 e. The van der Waals surface area contributed by atoms with Crippen molar-refractivity contribution in [1.29, 1.82) is 0 Å². The summed E-state index contributed by atoms with van der Waals surface area (Å²) in [5, 5.41) is 9.24. The van der Waals surface area contributed by atoms with E-state index in [4.69, 9.17) is 0 Å². The lowest BCUT2D eigenvalue weighted by Crippen LogP contribution is -2.28. The van der Waals surface area contributed by atoms with Gasteiger partial charge < -0.3 is 10.1 Å². The monoisotopic (exact) mass is 258 g/mol. The van der Waals surface area contributed by atoms with Gasteiger partial charge in [-0.2, -0.15) is 0 Å². The Bertz CT molecular complexity index is 871. The molecule has 0 amide bonds. The Morgan fingerprint density at radius 3 is 2.53 bits per heavy atom. The van der Waals surface area contributed by atoms with Crippen LogP contribution in [0.15, 0.2) is 33.9 Å². The average molecular weight is 258 g/mol. The van der Waals surface area contributed by atoms with Crippen LogP contribution in [0.2, 0.25) is 0 Å². The number of aromatic hydroxyl groups is 1. The van der Waals surface area contributed by atoms with Gasteiger partial charge in [-0.25, -0.2) is 9.78 Å². The molecule has 0 atom stereocenters. The number of nitrogens with zero attached hydrogens (tertiary/aromatic N) is 2. The van der Waals surface area contributed by atoms with Gasteiger partial charge in [0, 0.05) is 12.6 Å². The Hall–Kier alpha value is -2.83. The Balaban J connectivity index is 2.30. The van der Waals surface area contributed by atoms with E-state index in [0.717, 1.165) is 0 Å². The van der Waals surface area contributed by atoms with E-state index in [1.54, 1.807) is 12.1 Å². The van der Waals surface area contributed by atoms with E-state index in [1.165, 1.54) is 23.7 Å². The molecule has 0 saturated carbocycles. The van der Waals surface area contributed by atoms with Crippen molar-refractivity contribution in [2.75, 3.05) is 0 Å². The topological polar surface area (TPSA) is 104 Å². The maximum atomic E-state index is 11.7. The van der Waals surface area contributed by atoms with Gasteiger partial charge in [-0.1, -0.05) is 0 Å². The summed E-state index contributed by atoms with van der Waals surface area (Å²) in [4.78, 5) is 32.4. The van der Waals surface area contributed by atoms with Crippen molar-refractivity contribution in [3.63, 3.8) is 0 Å². The minimum Gasteiger partial charge on any atom is -0.508 e. The fourth-order valence-corrected chi connectivity index (χ4v) is 1.86. The number of fused-ring (bicyclic) bond motifs is 1. The van der Waals surface area contributed by atoms with Crippen LogP contribution in [0.3, 0.4) is 0 Å². The van der Waals surface area contributed by atoms with Crippen molar-refractivity contribution in [2.45, 2.75) is 0 Å². The number of nitrogens with one attached hydrogen (secondary N) is 2. The third-order valence-electron chi connectivity index (χ3n) is 2.90. The third-order valence-corrected chi connectivity index (χ3v) is 2.90. The molecule has 0 bridgehead atoms. The molecule has 3 N–H and O–H groups in total. The zero-order chi connectivity index (χ0) is 13.6. The number of hydrogen-bond donors (Lipinski definition) is 3. The van der Waals surface area contributed by atoms with Crippen LogP contribution in [0.4, 0.5) is 0 Å². The van der Waals surface area contributed by atoms with E-state index in [2.05, 4.69) is 15.0 Å². The Morgan fingerprint density at radius 2 is 1.84 bits per heavy atom. The first-order chi connectivity index (χ1) is 9.06. The Labute approximate surface area is 106 Å². The molecule has 7 heteroatoms. The maximum Gasteiger partial charge on any atom is 0.329 e. The molecule has 7 nitrogen and oxygen atoms in total. The number of phenolic OH excluding ortho intramolecular Hbond substituents is 1. The van der Waals surface area contributed by atoms with Crippen molar-refractivity contribution < 1.29 is 5.11 Å². The van der Waals surface area contributed by atoms with Crippen molar-refractivity contribution >= 4 is 11.2 Å². The van der Waals surface area contributed by atoms with E-state index < -0.39 is 11.2 Å². The molecular formula is C12H10N4O3. The number of phenols is 1. The smallest absolute Gasteiger partial charge is 0.329 e. The van der Waals surface area contributed by atoms with Crippen molar-refractivity contribution in [1.82, 2.24) is 19.5 Å². The first-order valence-corrected chi connectivity index (χ1v) is 5.54. The van der Waals surface area contributed by atoms with Gasteiger partial charge in [-0.15, -0.1) is 0 Å². The van der Waals surface area contributed by atoms with Crippen LogP contribution in [-0.2, 0) is 7.05 Å². The molecule has 0 aliphatic rings. The van der Waals surface area contributed by atoms with Crippen LogP contribution >= 0.6 is 0 Å². The normalized spacial score (nSPS) is 11.0. The lowest BCUT2D eigenvalue weighted by molar-refractivity contribution is 0.475. The molecule has 0 unspecified atom stereocenters. The molecule has 0 aliphatic heterocycles. The standard InChI is InChI=1S/C12H10N4O3/c1-16-10-8(11(18)15-12(16)19)13-9(14-10)6-2-4-7(17)5-3-6/h2-5,17H,1H3,(H,13,14)(H,15,18,19). The molecule has 96 valence electrons. The van der Waals surface area contributed by atoms with E-state index in [1.807, 2.05) is 0 Å². The summed E-state index contributed by atoms with van der Waals surface area (Å²) in [6.45, 7) is 0. The highest BCUT2D eigenvalue weighted by atomic mass is 16.3. The second-order valence-corrected chi connectivity index (χ2v) is 4.15. The van der Waals surface area contributed by atoms with Crippen molar-refractivity contribution in [3.8, 4) is 17.1 Å². The number of benzene rings is 1. The molecule has 1 aromatic carbocycles. The van der Waals surface area contributed by atoms with Crippen LogP contribution in [0, 0.1) is 0 Å². The molecule has 0 fully saturated rings. The molecular weight excluding hydrogens is 248 g/mol. The first kappa shape index (κ1) is 11.3. The molecule has 0 saturated heterocycles. The number of H-pyrrole nitrogens is 2. The SMILES string of the molecule is Cn1c(=O)[nH]c(=O)c2[nH]c(-c3ccc(O)cc3)nc21. The quantitative estimate of drug-likeness (QED) is 0.584. The van der Waals surface area contributed by atoms with Gasteiger partial charge in [-0.05, 0) is 24.3 Å². The minimum atomic E-state index is -0.513. The summed E-state index contributed by atoms with van der Waals surface area (Å²) >= 11 is 0. The van der Waals surface area contributed by atoms with E-state index in [0.29, 0.717) is 11.4 Å². The van der Waals surface area contributed by atoms with Gasteiger partial charge in [0.2, 0.25) is 0 Å². The fourth-order valence-electron chi connectivity index (χ4n) is 1.86. The van der Waals surface area contributed by atoms with Crippen LogP contribution in [0.25, 0.3) is 22.6 Å². The summed E-state index contributed by atoms with van der Waals surface area (Å²) in [5.74, 6) is 0.604. The highest BCUT2D eigenvalue weighted by Gasteiger charge is 2.11. The molecule has 0 spiro atoms. The summed E-state index contributed by atoms with van der Waals surface area (Å²) < 4.78 is 1.26. The molecule has 0 radical (unpaired) electrons. The van der Waals surface area contributed by atoms with Gasteiger partial charge in [0.1, 0.15) is 17.1 Å². The fraction of sp³-hybridized carbons (Fsp3) is 0.0833. The van der Waals surface area contributed by atoms with Crippen molar-refractivity contribution in [3.05, 3.63) is 45.1 Å². The summed E-state index contributed by atoms with van der Waals surface area (Å²) in [7, 11) is 1.53. The lowest BCUT2D eigenvalue weighted by atomic mass is 10.2. The second-order valence-electron chi connectivity index (χ2n) is 4.15. The van der Waals surface area contributed by atoms with E-state index in [-0.39, 0.29) is 16.9 Å². The molecule has 2 heterocycles. The Morgan fingerprint density at radius 1 is 1.16 bits per heavy atom. The number of aromatic nitrogens is 4. The number of aromatic amines is 2. The molecule has 19 heavy (non-hydrogen) atoms. The van der Waals surface area contributed by atoms with E-state index >= 15 is 0 Å². The molecule has 3 rings (SSSR count). The van der Waals surface area contributed by atoms with Crippen LogP contribution in [-0.4, -0.2) is 24.6 Å². The number of imidazole rings is 1. The van der Waals surface area contributed by atoms with Gasteiger partial charge in [0.05, 0.1) is 0 Å². The zero-order valence-electron chi connectivity index (χ0n) is 9.97. The first-order valence-electron chi connectivity index (χ1n) is 5.54. The summed E-state index contributed by atoms with van der Waals surface area (Å²) in [5.41, 5.74) is 0.222. The molecule has 2 aromatic heterocycles. The van der Waals surface area contributed by atoms with Crippen molar-refractivity contribution in [2.24, 2.45) is 7.05 Å². The van der Waals surface area contributed by atoms with Gasteiger partial charge >= 0.3 is 5.69 Å². The molecule has 0 aliphatic carbocycles. The van der Waals surface area contributed by atoms with Gasteiger partial charge in [0.25, 0.3) is 5.56 Å². The zero-order valence-corrected chi connectivity index (χ0v) is 9.97. The average Bonchev–Trinajstić information content (AvgIpc) is 2.83. The number of aryl methyl sites for hydroxylation is 1. The summed E-state index contributed by atoms with van der Waals surface area (Å²) in [6.07, 6.45) is 0. The van der Waals surface area contributed by atoms with Gasteiger partial charge in [0.15, 0.2) is 5.65 Å². The van der Waals surface area contributed by atoms with Crippen LogP contribution in [0.5, 0.6) is 5.75 Å². The summed E-state index contributed by atoms with van der Waals surface area (Å²) in [6, 6.07) is 6.37. The predicted molar refractivity (Wildman–Crippen MR) is 69.1 cm³/mol. The third kappa shape index (κ3) is 1.71. The Kier molecular flexibility index (Phi) is 2.28. The predicted octanol–water partition coefficient (Wildman–Crippen LogP) is 0.322. The second kappa shape index (κ2) is 3.84. The highest BCUT2D eigenvalue weighted by Crippen LogP contribution is 2.20. The van der Waals surface area contributed by atoms with E-state index in [9.17, 15) is 14.7 Å². The lowest BCUT2D eigenvalue weighted by Gasteiger charge is -1.96. The number of hydrogen-bond acceptors (Lipinski definition) is 4. The molecule has 3 aromatic rings.